The molecule has 1 aromatic heterocycles. The monoisotopic (exact) mass is 362 g/mol. The van der Waals surface area contributed by atoms with Crippen molar-refractivity contribution < 1.29 is 9.59 Å². The van der Waals surface area contributed by atoms with E-state index in [0.29, 0.717) is 12.2 Å². The van der Waals surface area contributed by atoms with E-state index in [9.17, 15) is 9.59 Å². The Morgan fingerprint density at radius 1 is 1.04 bits per heavy atom. The van der Waals surface area contributed by atoms with Crippen molar-refractivity contribution in [1.29, 1.82) is 0 Å². The number of hydrogen-bond acceptors (Lipinski definition) is 3. The van der Waals surface area contributed by atoms with Crippen molar-refractivity contribution in [2.45, 2.75) is 25.9 Å². The Kier molecular flexibility index (Phi) is 5.99. The molecule has 0 saturated carbocycles. The van der Waals surface area contributed by atoms with E-state index in [4.69, 9.17) is 0 Å². The fourth-order valence-electron chi connectivity index (χ4n) is 2.87. The van der Waals surface area contributed by atoms with Gasteiger partial charge in [0.2, 0.25) is 11.8 Å². The van der Waals surface area contributed by atoms with Crippen molar-refractivity contribution in [3.8, 4) is 0 Å². The van der Waals surface area contributed by atoms with Gasteiger partial charge in [-0.25, -0.2) is 0 Å². The molecule has 0 spiro atoms. The minimum absolute atomic E-state index is 0.146. The summed E-state index contributed by atoms with van der Waals surface area (Å²) in [6.45, 7) is 2.08. The topological polar surface area (TPSA) is 76.0 Å². The number of nitrogens with zero attached hydrogens (tertiary/aromatic N) is 2. The molecule has 0 radical (unpaired) electrons. The molecule has 138 valence electrons. The second-order valence-electron chi connectivity index (χ2n) is 6.33. The van der Waals surface area contributed by atoms with E-state index >= 15 is 0 Å². The minimum Gasteiger partial charge on any atom is -0.349 e. The molecule has 27 heavy (non-hydrogen) atoms. The van der Waals surface area contributed by atoms with Gasteiger partial charge in [-0.1, -0.05) is 60.7 Å². The molecule has 0 bridgehead atoms. The number of anilines is 1. The Labute approximate surface area is 158 Å². The molecule has 0 aliphatic heterocycles. The summed E-state index contributed by atoms with van der Waals surface area (Å²) in [6.07, 6.45) is 3.56. The SMILES string of the molecule is CC(=O)NC(CC(=O)Nc1cnn(Cc2ccccc2)c1)c1ccccc1. The van der Waals surface area contributed by atoms with E-state index in [0.717, 1.165) is 11.1 Å². The summed E-state index contributed by atoms with van der Waals surface area (Å²) in [7, 11) is 0. The maximum absolute atomic E-state index is 12.4. The predicted molar refractivity (Wildman–Crippen MR) is 104 cm³/mol. The lowest BCUT2D eigenvalue weighted by Gasteiger charge is -2.17. The quantitative estimate of drug-likeness (QED) is 0.678. The number of carbonyl (C=O) groups is 2. The van der Waals surface area contributed by atoms with Gasteiger partial charge in [-0.3, -0.25) is 14.3 Å². The second-order valence-corrected chi connectivity index (χ2v) is 6.33. The van der Waals surface area contributed by atoms with Crippen molar-refractivity contribution in [3.63, 3.8) is 0 Å². The summed E-state index contributed by atoms with van der Waals surface area (Å²) in [5.74, 6) is -0.357. The summed E-state index contributed by atoms with van der Waals surface area (Å²) in [6, 6.07) is 19.1. The van der Waals surface area contributed by atoms with Crippen molar-refractivity contribution in [2.24, 2.45) is 0 Å². The fourth-order valence-corrected chi connectivity index (χ4v) is 2.87. The number of carbonyl (C=O) groups excluding carboxylic acids is 2. The van der Waals surface area contributed by atoms with Crippen molar-refractivity contribution in [3.05, 3.63) is 84.2 Å². The number of nitrogens with one attached hydrogen (secondary N) is 2. The van der Waals surface area contributed by atoms with Crippen LogP contribution in [0.5, 0.6) is 0 Å². The maximum atomic E-state index is 12.4. The molecule has 1 unspecified atom stereocenters. The first-order chi connectivity index (χ1) is 13.1. The fraction of sp³-hybridized carbons (Fsp3) is 0.190. The number of benzene rings is 2. The third-order valence-electron chi connectivity index (χ3n) is 4.07. The highest BCUT2D eigenvalue weighted by atomic mass is 16.2. The molecule has 0 aliphatic rings. The van der Waals surface area contributed by atoms with Crippen LogP contribution in [0.15, 0.2) is 73.1 Å². The summed E-state index contributed by atoms with van der Waals surface area (Å²) >= 11 is 0. The molecular formula is C21H22N4O2. The van der Waals surface area contributed by atoms with E-state index < -0.39 is 0 Å². The molecular weight excluding hydrogens is 340 g/mol. The third-order valence-corrected chi connectivity index (χ3v) is 4.07. The zero-order valence-corrected chi connectivity index (χ0v) is 15.1. The van der Waals surface area contributed by atoms with Crippen LogP contribution < -0.4 is 10.6 Å². The zero-order valence-electron chi connectivity index (χ0n) is 15.1. The first-order valence-electron chi connectivity index (χ1n) is 8.78. The second kappa shape index (κ2) is 8.80. The van der Waals surface area contributed by atoms with Gasteiger partial charge in [0.15, 0.2) is 0 Å². The third kappa shape index (κ3) is 5.54. The molecule has 6 heteroatoms. The Bertz CT molecular complexity index is 891. The molecule has 2 aromatic carbocycles. The van der Waals surface area contributed by atoms with Crippen molar-refractivity contribution >= 4 is 17.5 Å². The van der Waals surface area contributed by atoms with Gasteiger partial charge in [-0.05, 0) is 11.1 Å². The lowest BCUT2D eigenvalue weighted by Crippen LogP contribution is -2.29. The van der Waals surface area contributed by atoms with Crippen LogP contribution >= 0.6 is 0 Å². The van der Waals surface area contributed by atoms with Crippen LogP contribution in [0.4, 0.5) is 5.69 Å². The van der Waals surface area contributed by atoms with E-state index in [1.807, 2.05) is 60.7 Å². The standard InChI is InChI=1S/C21H22N4O2/c1-16(26)23-20(18-10-6-3-7-11-18)12-21(27)24-19-13-22-25(15-19)14-17-8-4-2-5-9-17/h2-11,13,15,20H,12,14H2,1H3,(H,23,26)(H,24,27). The number of rotatable bonds is 7. The molecule has 2 amide bonds. The molecule has 3 rings (SSSR count). The Morgan fingerprint density at radius 2 is 1.70 bits per heavy atom. The van der Waals surface area contributed by atoms with Gasteiger partial charge < -0.3 is 10.6 Å². The Morgan fingerprint density at radius 3 is 2.37 bits per heavy atom. The van der Waals surface area contributed by atoms with E-state index in [-0.39, 0.29) is 24.3 Å². The average molecular weight is 362 g/mol. The highest BCUT2D eigenvalue weighted by molar-refractivity contribution is 5.91. The predicted octanol–water partition coefficient (Wildman–Crippen LogP) is 3.14. The molecule has 0 fully saturated rings. The van der Waals surface area contributed by atoms with E-state index in [1.54, 1.807) is 17.1 Å². The summed E-state index contributed by atoms with van der Waals surface area (Å²) in [5.41, 5.74) is 2.65. The lowest BCUT2D eigenvalue weighted by atomic mass is 10.0. The van der Waals surface area contributed by atoms with Crippen LogP contribution in [0.3, 0.4) is 0 Å². The molecule has 2 N–H and O–H groups in total. The van der Waals surface area contributed by atoms with Crippen LogP contribution in [0.25, 0.3) is 0 Å². The molecule has 3 aromatic rings. The van der Waals surface area contributed by atoms with Gasteiger partial charge in [-0.2, -0.15) is 5.10 Å². The highest BCUT2D eigenvalue weighted by Crippen LogP contribution is 2.18. The summed E-state index contributed by atoms with van der Waals surface area (Å²) < 4.78 is 1.77. The highest BCUT2D eigenvalue weighted by Gasteiger charge is 2.17. The van der Waals surface area contributed by atoms with Crippen molar-refractivity contribution in [2.75, 3.05) is 5.32 Å². The van der Waals surface area contributed by atoms with Crippen LogP contribution in [0.1, 0.15) is 30.5 Å². The molecule has 1 heterocycles. The largest absolute Gasteiger partial charge is 0.349 e. The molecule has 0 aliphatic carbocycles. The summed E-state index contributed by atoms with van der Waals surface area (Å²) in [4.78, 5) is 23.9. The minimum atomic E-state index is -0.372. The van der Waals surface area contributed by atoms with Crippen molar-refractivity contribution in [1.82, 2.24) is 15.1 Å². The van der Waals surface area contributed by atoms with Gasteiger partial charge in [-0.15, -0.1) is 0 Å². The number of hydrogen-bond donors (Lipinski definition) is 2. The molecule has 6 nitrogen and oxygen atoms in total. The zero-order chi connectivity index (χ0) is 19.1. The van der Waals surface area contributed by atoms with Gasteiger partial charge >= 0.3 is 0 Å². The van der Waals surface area contributed by atoms with Gasteiger partial charge in [0, 0.05) is 13.1 Å². The molecule has 1 atom stereocenters. The maximum Gasteiger partial charge on any atom is 0.226 e. The van der Waals surface area contributed by atoms with Crippen LogP contribution in [0, 0.1) is 0 Å². The van der Waals surface area contributed by atoms with E-state index in [2.05, 4.69) is 15.7 Å². The summed E-state index contributed by atoms with van der Waals surface area (Å²) in [5, 5.41) is 9.96. The van der Waals surface area contributed by atoms with E-state index in [1.165, 1.54) is 6.92 Å². The van der Waals surface area contributed by atoms with Crippen LogP contribution in [-0.4, -0.2) is 21.6 Å². The lowest BCUT2D eigenvalue weighted by molar-refractivity contribution is -0.120. The van der Waals surface area contributed by atoms with Gasteiger partial charge in [0.25, 0.3) is 0 Å². The Balaban J connectivity index is 1.61. The normalized spacial score (nSPS) is 11.6. The van der Waals surface area contributed by atoms with Crippen LogP contribution in [0.2, 0.25) is 0 Å². The first kappa shape index (κ1) is 18.4. The number of amides is 2. The van der Waals surface area contributed by atoms with Gasteiger partial charge in [0.1, 0.15) is 0 Å². The number of aromatic nitrogens is 2. The van der Waals surface area contributed by atoms with Gasteiger partial charge in [0.05, 0.1) is 30.9 Å². The first-order valence-corrected chi connectivity index (χ1v) is 8.78. The average Bonchev–Trinajstić information content (AvgIpc) is 3.09. The molecule has 0 saturated heterocycles. The Hall–Kier alpha value is -3.41. The smallest absolute Gasteiger partial charge is 0.226 e. The van der Waals surface area contributed by atoms with Crippen LogP contribution in [-0.2, 0) is 16.1 Å².